The molecule has 1 heterocycles. The van der Waals surface area contributed by atoms with Crippen LogP contribution in [0.1, 0.15) is 27.7 Å². The molecule has 0 aliphatic heterocycles. The summed E-state index contributed by atoms with van der Waals surface area (Å²) in [6, 6.07) is 0. The molecule has 1 aromatic heterocycles. The van der Waals surface area contributed by atoms with Crippen molar-refractivity contribution in [2.24, 2.45) is 5.92 Å². The molecule has 1 N–H and O–H groups in total. The molecule has 0 aliphatic carbocycles. The van der Waals surface area contributed by atoms with Crippen LogP contribution in [0.5, 0.6) is 5.88 Å². The van der Waals surface area contributed by atoms with Crippen LogP contribution >= 0.6 is 11.6 Å². The molecular weight excluding hydrogens is 226 g/mol. The summed E-state index contributed by atoms with van der Waals surface area (Å²) in [6.07, 6.45) is 1.62. The molecule has 0 spiro atoms. The molecule has 0 fully saturated rings. The Kier molecular flexibility index (Phi) is 4.80. The number of nitrogens with zero attached hydrogens (tertiary/aromatic N) is 2. The van der Waals surface area contributed by atoms with Crippen LogP contribution in [0.25, 0.3) is 0 Å². The molecule has 0 amide bonds. The Labute approximate surface area is 101 Å². The van der Waals surface area contributed by atoms with Crippen molar-refractivity contribution in [1.29, 1.82) is 0 Å². The predicted octanol–water partition coefficient (Wildman–Crippen LogP) is 2.99. The van der Waals surface area contributed by atoms with E-state index in [1.807, 2.05) is 13.8 Å². The second-order valence-corrected chi connectivity index (χ2v) is 4.35. The van der Waals surface area contributed by atoms with Gasteiger partial charge in [0.2, 0.25) is 11.8 Å². The van der Waals surface area contributed by atoms with Gasteiger partial charge < -0.3 is 10.1 Å². The summed E-state index contributed by atoms with van der Waals surface area (Å²) >= 11 is 5.97. The lowest BCUT2D eigenvalue weighted by atomic mass is 10.1. The molecule has 16 heavy (non-hydrogen) atoms. The van der Waals surface area contributed by atoms with Crippen LogP contribution in [0.4, 0.5) is 5.95 Å². The van der Waals surface area contributed by atoms with Crippen molar-refractivity contribution in [3.63, 3.8) is 0 Å². The monoisotopic (exact) mass is 243 g/mol. The van der Waals surface area contributed by atoms with Crippen LogP contribution in [0.3, 0.4) is 0 Å². The van der Waals surface area contributed by atoms with Gasteiger partial charge >= 0.3 is 0 Å². The first-order valence-electron chi connectivity index (χ1n) is 5.47. The molecule has 1 aromatic rings. The molecular formula is C11H18ClN3O. The third kappa shape index (κ3) is 3.52. The van der Waals surface area contributed by atoms with E-state index < -0.39 is 0 Å². The second-order valence-electron chi connectivity index (χ2n) is 3.94. The topological polar surface area (TPSA) is 47.0 Å². The minimum atomic E-state index is 0.0712. The fourth-order valence-electron chi connectivity index (χ4n) is 0.990. The van der Waals surface area contributed by atoms with Crippen LogP contribution in [0.15, 0.2) is 6.20 Å². The van der Waals surface area contributed by atoms with Crippen molar-refractivity contribution < 1.29 is 4.74 Å². The molecule has 1 rings (SSSR count). The van der Waals surface area contributed by atoms with E-state index in [-0.39, 0.29) is 6.10 Å². The average Bonchev–Trinajstić information content (AvgIpc) is 2.23. The van der Waals surface area contributed by atoms with Crippen molar-refractivity contribution >= 4 is 17.5 Å². The lowest BCUT2D eigenvalue weighted by Crippen LogP contribution is -2.19. The van der Waals surface area contributed by atoms with Gasteiger partial charge in [-0.25, -0.2) is 4.98 Å². The average molecular weight is 244 g/mol. The van der Waals surface area contributed by atoms with E-state index in [9.17, 15) is 0 Å². The molecule has 0 saturated carbocycles. The third-order valence-corrected chi connectivity index (χ3v) is 2.54. The zero-order valence-electron chi connectivity index (χ0n) is 10.1. The third-order valence-electron chi connectivity index (χ3n) is 2.28. The van der Waals surface area contributed by atoms with Gasteiger partial charge in [0.1, 0.15) is 5.02 Å². The highest BCUT2D eigenvalue weighted by Gasteiger charge is 2.13. The summed E-state index contributed by atoms with van der Waals surface area (Å²) in [4.78, 5) is 8.25. The molecule has 5 heteroatoms. The number of nitrogens with one attached hydrogen (secondary N) is 1. The quantitative estimate of drug-likeness (QED) is 0.864. The number of anilines is 1. The van der Waals surface area contributed by atoms with Crippen LogP contribution in [0.2, 0.25) is 5.02 Å². The molecule has 0 saturated heterocycles. The Balaban J connectivity index is 2.81. The van der Waals surface area contributed by atoms with E-state index >= 15 is 0 Å². The molecule has 0 aromatic carbocycles. The lowest BCUT2D eigenvalue weighted by Gasteiger charge is -2.18. The first-order chi connectivity index (χ1) is 7.54. The van der Waals surface area contributed by atoms with Gasteiger partial charge in [0.15, 0.2) is 0 Å². The number of halogens is 1. The van der Waals surface area contributed by atoms with Gasteiger partial charge in [0, 0.05) is 6.54 Å². The van der Waals surface area contributed by atoms with Gasteiger partial charge in [-0.05, 0) is 19.8 Å². The summed E-state index contributed by atoms with van der Waals surface area (Å²) in [5.74, 6) is 1.39. The lowest BCUT2D eigenvalue weighted by molar-refractivity contribution is 0.163. The molecule has 0 bridgehead atoms. The van der Waals surface area contributed by atoms with Crippen molar-refractivity contribution in [3.05, 3.63) is 11.2 Å². The largest absolute Gasteiger partial charge is 0.473 e. The SMILES string of the molecule is CCNc1ncc(Cl)c(OC(C)C(C)C)n1. The van der Waals surface area contributed by atoms with Crippen LogP contribution in [-0.4, -0.2) is 22.6 Å². The van der Waals surface area contributed by atoms with E-state index in [4.69, 9.17) is 16.3 Å². The molecule has 90 valence electrons. The fourth-order valence-corrected chi connectivity index (χ4v) is 1.13. The predicted molar refractivity (Wildman–Crippen MR) is 66.1 cm³/mol. The first kappa shape index (κ1) is 13.0. The van der Waals surface area contributed by atoms with Crippen LogP contribution in [0, 0.1) is 5.92 Å². The first-order valence-corrected chi connectivity index (χ1v) is 5.85. The molecule has 0 radical (unpaired) electrons. The Bertz CT molecular complexity index is 344. The van der Waals surface area contributed by atoms with Crippen molar-refractivity contribution in [1.82, 2.24) is 9.97 Å². The smallest absolute Gasteiger partial charge is 0.237 e. The zero-order valence-corrected chi connectivity index (χ0v) is 10.9. The summed E-state index contributed by atoms with van der Waals surface area (Å²) in [5, 5.41) is 3.46. The number of hydrogen-bond donors (Lipinski definition) is 1. The van der Waals surface area contributed by atoms with Gasteiger partial charge in [-0.2, -0.15) is 4.98 Å². The summed E-state index contributed by atoms with van der Waals surface area (Å²) in [5.41, 5.74) is 0. The van der Waals surface area contributed by atoms with Gasteiger partial charge in [-0.1, -0.05) is 25.4 Å². The van der Waals surface area contributed by atoms with Crippen molar-refractivity contribution in [3.8, 4) is 5.88 Å². The normalized spacial score (nSPS) is 12.6. The minimum Gasteiger partial charge on any atom is -0.473 e. The summed E-state index contributed by atoms with van der Waals surface area (Å²) < 4.78 is 5.67. The molecule has 1 unspecified atom stereocenters. The number of rotatable bonds is 5. The summed E-state index contributed by atoms with van der Waals surface area (Å²) in [7, 11) is 0. The van der Waals surface area contributed by atoms with Crippen molar-refractivity contribution in [2.75, 3.05) is 11.9 Å². The number of ether oxygens (including phenoxy) is 1. The second kappa shape index (κ2) is 5.89. The molecule has 1 atom stereocenters. The van der Waals surface area contributed by atoms with Crippen molar-refractivity contribution in [2.45, 2.75) is 33.8 Å². The Morgan fingerprint density at radius 3 is 2.69 bits per heavy atom. The van der Waals surface area contributed by atoms with E-state index in [0.717, 1.165) is 6.54 Å². The highest BCUT2D eigenvalue weighted by molar-refractivity contribution is 6.31. The van der Waals surface area contributed by atoms with Gasteiger partial charge in [0.05, 0.1) is 12.3 Å². The maximum absolute atomic E-state index is 5.97. The van der Waals surface area contributed by atoms with Crippen LogP contribution < -0.4 is 10.1 Å². The van der Waals surface area contributed by atoms with E-state index in [1.165, 1.54) is 0 Å². The zero-order chi connectivity index (χ0) is 12.1. The fraction of sp³-hybridized carbons (Fsp3) is 0.636. The van der Waals surface area contributed by atoms with Gasteiger partial charge in [0.25, 0.3) is 0 Å². The maximum Gasteiger partial charge on any atom is 0.237 e. The standard InChI is InChI=1S/C11H18ClN3O/c1-5-13-11-14-6-9(12)10(15-11)16-8(4)7(2)3/h6-8H,5H2,1-4H3,(H,13,14,15). The van der Waals surface area contributed by atoms with E-state index in [0.29, 0.717) is 22.8 Å². The highest BCUT2D eigenvalue weighted by Crippen LogP contribution is 2.24. The van der Waals surface area contributed by atoms with E-state index in [1.54, 1.807) is 6.20 Å². The molecule has 4 nitrogen and oxygen atoms in total. The Morgan fingerprint density at radius 1 is 1.44 bits per heavy atom. The maximum atomic E-state index is 5.97. The summed E-state index contributed by atoms with van der Waals surface area (Å²) in [6.45, 7) is 8.92. The molecule has 0 aliphatic rings. The van der Waals surface area contributed by atoms with Gasteiger partial charge in [-0.3, -0.25) is 0 Å². The highest BCUT2D eigenvalue weighted by atomic mass is 35.5. The van der Waals surface area contributed by atoms with Gasteiger partial charge in [-0.15, -0.1) is 0 Å². The number of hydrogen-bond acceptors (Lipinski definition) is 4. The number of aromatic nitrogens is 2. The van der Waals surface area contributed by atoms with E-state index in [2.05, 4.69) is 29.1 Å². The Hall–Kier alpha value is -1.03. The minimum absolute atomic E-state index is 0.0712. The van der Waals surface area contributed by atoms with Crippen LogP contribution in [-0.2, 0) is 0 Å². The Morgan fingerprint density at radius 2 is 2.12 bits per heavy atom.